The molecule has 2 heteroatoms. The Balaban J connectivity index is 2.67. The Hall–Kier alpha value is -0.0800. The molecule has 0 spiro atoms. The fraction of sp³-hybridized carbons (Fsp3) is 1.00. The number of nitrogens with zero attached hydrogens (tertiary/aromatic N) is 1. The normalized spacial score (nSPS) is 20.1. The molecule has 0 heterocycles. The summed E-state index contributed by atoms with van der Waals surface area (Å²) in [6.45, 7) is 5.36. The van der Waals surface area contributed by atoms with Crippen molar-refractivity contribution < 1.29 is 0 Å². The summed E-state index contributed by atoms with van der Waals surface area (Å²) in [4.78, 5) is 2.61. The topological polar surface area (TPSA) is 29.3 Å². The molecule has 0 aromatic heterocycles. The molecule has 2 nitrogen and oxygen atoms in total. The summed E-state index contributed by atoms with van der Waals surface area (Å²) in [6, 6.07) is 0.769. The van der Waals surface area contributed by atoms with Gasteiger partial charge in [-0.1, -0.05) is 39.5 Å². The number of hydrogen-bond acceptors (Lipinski definition) is 2. The highest BCUT2D eigenvalue weighted by atomic mass is 15.2. The van der Waals surface area contributed by atoms with Crippen molar-refractivity contribution in [2.45, 2.75) is 76.8 Å². The maximum Gasteiger partial charge on any atom is 0.0326 e. The first-order valence-electron chi connectivity index (χ1n) is 7.13. The second-order valence-corrected chi connectivity index (χ2v) is 5.39. The van der Waals surface area contributed by atoms with E-state index in [1.54, 1.807) is 0 Å². The summed E-state index contributed by atoms with van der Waals surface area (Å²) < 4.78 is 0. The van der Waals surface area contributed by atoms with E-state index in [9.17, 15) is 0 Å². The molecule has 1 aliphatic carbocycles. The van der Waals surface area contributed by atoms with E-state index < -0.39 is 0 Å². The van der Waals surface area contributed by atoms with Crippen molar-refractivity contribution in [3.05, 3.63) is 0 Å². The molecule has 1 fully saturated rings. The first-order valence-corrected chi connectivity index (χ1v) is 7.13. The molecule has 0 atom stereocenters. The summed E-state index contributed by atoms with van der Waals surface area (Å²) >= 11 is 0. The van der Waals surface area contributed by atoms with Crippen LogP contribution < -0.4 is 5.73 Å². The van der Waals surface area contributed by atoms with Gasteiger partial charge in [-0.3, -0.25) is 4.90 Å². The zero-order valence-corrected chi connectivity index (χ0v) is 11.5. The molecule has 0 radical (unpaired) electrons. The third-order valence-corrected chi connectivity index (χ3v) is 4.82. The first-order chi connectivity index (χ1) is 7.70. The van der Waals surface area contributed by atoms with Gasteiger partial charge in [0.1, 0.15) is 0 Å². The summed E-state index contributed by atoms with van der Waals surface area (Å²) in [5, 5.41) is 0. The second kappa shape index (κ2) is 6.61. The zero-order valence-electron chi connectivity index (χ0n) is 11.5. The lowest BCUT2D eigenvalue weighted by atomic mass is 9.88. The van der Waals surface area contributed by atoms with Gasteiger partial charge in [-0.05, 0) is 32.7 Å². The Kier molecular flexibility index (Phi) is 5.77. The molecule has 0 saturated heterocycles. The molecule has 0 bridgehead atoms. The highest BCUT2D eigenvalue weighted by molar-refractivity contribution is 4.91. The Morgan fingerprint density at radius 2 is 1.56 bits per heavy atom. The van der Waals surface area contributed by atoms with Gasteiger partial charge in [-0.25, -0.2) is 0 Å². The van der Waals surface area contributed by atoms with Gasteiger partial charge in [0.15, 0.2) is 0 Å². The molecule has 0 aromatic rings. The van der Waals surface area contributed by atoms with Crippen LogP contribution in [0.5, 0.6) is 0 Å². The van der Waals surface area contributed by atoms with Gasteiger partial charge in [0.25, 0.3) is 0 Å². The van der Waals surface area contributed by atoms with Crippen molar-refractivity contribution in [3.8, 4) is 0 Å². The van der Waals surface area contributed by atoms with Crippen molar-refractivity contribution >= 4 is 0 Å². The van der Waals surface area contributed by atoms with Gasteiger partial charge in [-0.2, -0.15) is 0 Å². The lowest BCUT2D eigenvalue weighted by Crippen LogP contribution is -2.55. The van der Waals surface area contributed by atoms with E-state index in [2.05, 4.69) is 25.8 Å². The van der Waals surface area contributed by atoms with E-state index in [0.29, 0.717) is 0 Å². The average molecular weight is 226 g/mol. The van der Waals surface area contributed by atoms with Crippen LogP contribution in [-0.4, -0.2) is 30.1 Å². The van der Waals surface area contributed by atoms with Gasteiger partial charge >= 0.3 is 0 Å². The van der Waals surface area contributed by atoms with Crippen LogP contribution >= 0.6 is 0 Å². The van der Waals surface area contributed by atoms with E-state index in [1.165, 1.54) is 51.4 Å². The molecule has 1 saturated carbocycles. The van der Waals surface area contributed by atoms with E-state index in [1.807, 2.05) is 0 Å². The molecular weight excluding hydrogens is 196 g/mol. The standard InChI is InChI=1S/C14H30N2/c1-4-14(5-2,12-15)16(3)13-10-8-6-7-9-11-13/h13H,4-12,15H2,1-3H3. The fourth-order valence-corrected chi connectivity index (χ4v) is 3.21. The highest BCUT2D eigenvalue weighted by Gasteiger charge is 2.33. The first kappa shape index (κ1) is 14.0. The summed E-state index contributed by atoms with van der Waals surface area (Å²) in [7, 11) is 2.30. The van der Waals surface area contributed by atoms with Gasteiger partial charge < -0.3 is 5.73 Å². The molecule has 0 amide bonds. The summed E-state index contributed by atoms with van der Waals surface area (Å²) in [5.41, 5.74) is 6.28. The lowest BCUT2D eigenvalue weighted by molar-refractivity contribution is 0.0611. The van der Waals surface area contributed by atoms with Gasteiger partial charge in [0.2, 0.25) is 0 Å². The predicted molar refractivity (Wildman–Crippen MR) is 71.6 cm³/mol. The van der Waals surface area contributed by atoms with Crippen LogP contribution in [-0.2, 0) is 0 Å². The molecule has 2 N–H and O–H groups in total. The van der Waals surface area contributed by atoms with Gasteiger partial charge in [-0.15, -0.1) is 0 Å². The van der Waals surface area contributed by atoms with Crippen LogP contribution in [0, 0.1) is 0 Å². The Labute approximate surface area is 102 Å². The van der Waals surface area contributed by atoms with Crippen LogP contribution in [0.1, 0.15) is 65.2 Å². The monoisotopic (exact) mass is 226 g/mol. The van der Waals surface area contributed by atoms with Crippen molar-refractivity contribution in [1.82, 2.24) is 4.90 Å². The van der Waals surface area contributed by atoms with Crippen molar-refractivity contribution in [1.29, 1.82) is 0 Å². The van der Waals surface area contributed by atoms with Crippen LogP contribution in [0.4, 0.5) is 0 Å². The largest absolute Gasteiger partial charge is 0.329 e. The summed E-state index contributed by atoms with van der Waals surface area (Å²) in [5.74, 6) is 0. The molecule has 1 rings (SSSR count). The van der Waals surface area contributed by atoms with Crippen LogP contribution in [0.3, 0.4) is 0 Å². The lowest BCUT2D eigenvalue weighted by Gasteiger charge is -2.44. The van der Waals surface area contributed by atoms with Crippen molar-refractivity contribution in [3.63, 3.8) is 0 Å². The maximum absolute atomic E-state index is 6.03. The molecule has 96 valence electrons. The van der Waals surface area contributed by atoms with E-state index in [0.717, 1.165) is 12.6 Å². The third-order valence-electron chi connectivity index (χ3n) is 4.82. The third kappa shape index (κ3) is 2.98. The SMILES string of the molecule is CCC(CC)(CN)N(C)C1CCCCCC1. The number of rotatable bonds is 5. The average Bonchev–Trinajstić information content (AvgIpc) is 2.60. The smallest absolute Gasteiger partial charge is 0.0326 e. The second-order valence-electron chi connectivity index (χ2n) is 5.39. The van der Waals surface area contributed by atoms with Gasteiger partial charge in [0, 0.05) is 18.1 Å². The minimum atomic E-state index is 0.245. The minimum absolute atomic E-state index is 0.245. The van der Waals surface area contributed by atoms with Crippen molar-refractivity contribution in [2.24, 2.45) is 5.73 Å². The Bertz CT molecular complexity index is 171. The van der Waals surface area contributed by atoms with E-state index in [4.69, 9.17) is 5.73 Å². The highest BCUT2D eigenvalue weighted by Crippen LogP contribution is 2.29. The predicted octanol–water partition coefficient (Wildman–Crippen LogP) is 3.16. The quantitative estimate of drug-likeness (QED) is 0.730. The van der Waals surface area contributed by atoms with Crippen LogP contribution in [0.25, 0.3) is 0 Å². The number of nitrogens with two attached hydrogens (primary N) is 1. The van der Waals surface area contributed by atoms with E-state index in [-0.39, 0.29) is 5.54 Å². The number of hydrogen-bond donors (Lipinski definition) is 1. The minimum Gasteiger partial charge on any atom is -0.329 e. The fourth-order valence-electron chi connectivity index (χ4n) is 3.21. The van der Waals surface area contributed by atoms with Crippen LogP contribution in [0.15, 0.2) is 0 Å². The summed E-state index contributed by atoms with van der Waals surface area (Å²) in [6.07, 6.45) is 10.8. The van der Waals surface area contributed by atoms with Gasteiger partial charge in [0.05, 0.1) is 0 Å². The Morgan fingerprint density at radius 1 is 1.06 bits per heavy atom. The molecule has 16 heavy (non-hydrogen) atoms. The molecule has 0 aromatic carbocycles. The molecule has 1 aliphatic rings. The van der Waals surface area contributed by atoms with Crippen LogP contribution in [0.2, 0.25) is 0 Å². The molecule has 0 aliphatic heterocycles. The Morgan fingerprint density at radius 3 is 1.94 bits per heavy atom. The molecule has 0 unspecified atom stereocenters. The molecular formula is C14H30N2. The van der Waals surface area contributed by atoms with E-state index >= 15 is 0 Å². The number of likely N-dealkylation sites (N-methyl/N-ethyl adjacent to an activating group) is 1. The maximum atomic E-state index is 6.03. The zero-order chi connectivity index (χ0) is 12.0. The van der Waals surface area contributed by atoms with Crippen molar-refractivity contribution in [2.75, 3.05) is 13.6 Å².